The maximum absolute atomic E-state index is 13.2. The van der Waals surface area contributed by atoms with Crippen LogP contribution in [0.15, 0.2) is 36.4 Å². The SMILES string of the molecule is Cc1c(OC2CCN(CC3CCN([C@@H](Cc4ccc(F)cc4)C(=O)O)CC3)CC2)ccc(Cl)c1Cl.O=C(O)CC(=O)O. The highest BCUT2D eigenvalue weighted by Crippen LogP contribution is 2.33. The Morgan fingerprint density at radius 1 is 0.929 bits per heavy atom. The number of carbonyl (C=O) groups is 3. The molecule has 42 heavy (non-hydrogen) atoms. The summed E-state index contributed by atoms with van der Waals surface area (Å²) in [4.78, 5) is 35.4. The minimum Gasteiger partial charge on any atom is -0.490 e. The monoisotopic (exact) mass is 626 g/mol. The van der Waals surface area contributed by atoms with Crippen molar-refractivity contribution in [2.75, 3.05) is 32.7 Å². The third-order valence-electron chi connectivity index (χ3n) is 7.65. The lowest BCUT2D eigenvalue weighted by Crippen LogP contribution is -2.48. The first-order valence-electron chi connectivity index (χ1n) is 13.9. The van der Waals surface area contributed by atoms with Crippen molar-refractivity contribution in [1.29, 1.82) is 0 Å². The van der Waals surface area contributed by atoms with Crippen molar-refractivity contribution in [3.8, 4) is 5.75 Å². The number of hydrogen-bond acceptors (Lipinski definition) is 6. The minimum atomic E-state index is -1.31. The number of likely N-dealkylation sites (tertiary alicyclic amines) is 2. The Labute approximate surface area is 254 Å². The number of ether oxygens (including phenoxy) is 1. The van der Waals surface area contributed by atoms with Gasteiger partial charge in [0.25, 0.3) is 0 Å². The first kappa shape index (κ1) is 33.6. The smallest absolute Gasteiger partial charge is 0.321 e. The fourth-order valence-corrected chi connectivity index (χ4v) is 5.67. The van der Waals surface area contributed by atoms with Crippen molar-refractivity contribution < 1.29 is 38.8 Å². The zero-order valence-corrected chi connectivity index (χ0v) is 25.0. The summed E-state index contributed by atoms with van der Waals surface area (Å²) in [6.45, 7) is 6.51. The summed E-state index contributed by atoms with van der Waals surface area (Å²) in [5, 5.41) is 26.3. The van der Waals surface area contributed by atoms with Gasteiger partial charge in [0.15, 0.2) is 0 Å². The van der Waals surface area contributed by atoms with E-state index in [1.807, 2.05) is 13.0 Å². The first-order chi connectivity index (χ1) is 19.9. The fraction of sp³-hybridized carbons (Fsp3) is 0.500. The summed E-state index contributed by atoms with van der Waals surface area (Å²) < 4.78 is 19.4. The van der Waals surface area contributed by atoms with E-state index in [1.165, 1.54) is 12.1 Å². The van der Waals surface area contributed by atoms with Gasteiger partial charge in [-0.15, -0.1) is 0 Å². The second kappa shape index (κ2) is 16.1. The normalized spacial score (nSPS) is 17.6. The molecule has 0 aromatic heterocycles. The van der Waals surface area contributed by atoms with Crippen molar-refractivity contribution in [1.82, 2.24) is 9.80 Å². The van der Waals surface area contributed by atoms with Crippen LogP contribution in [0.2, 0.25) is 10.0 Å². The number of aliphatic carboxylic acids is 3. The molecule has 0 amide bonds. The van der Waals surface area contributed by atoms with Crippen molar-refractivity contribution in [3.05, 3.63) is 63.4 Å². The van der Waals surface area contributed by atoms with Crippen LogP contribution in [0, 0.1) is 18.7 Å². The molecule has 12 heteroatoms. The number of piperidine rings is 2. The van der Waals surface area contributed by atoms with Crippen LogP contribution < -0.4 is 4.74 Å². The van der Waals surface area contributed by atoms with Gasteiger partial charge in [0.1, 0.15) is 30.1 Å². The Kier molecular flexibility index (Phi) is 12.8. The van der Waals surface area contributed by atoms with Gasteiger partial charge < -0.3 is 25.0 Å². The molecule has 0 spiro atoms. The second-order valence-corrected chi connectivity index (χ2v) is 11.5. The number of hydrogen-bond donors (Lipinski definition) is 3. The molecule has 2 aromatic rings. The fourth-order valence-electron chi connectivity index (χ4n) is 5.31. The molecule has 2 aliphatic heterocycles. The van der Waals surface area contributed by atoms with Gasteiger partial charge in [0, 0.05) is 25.2 Å². The number of benzene rings is 2. The number of halogens is 3. The van der Waals surface area contributed by atoms with E-state index in [2.05, 4.69) is 9.80 Å². The molecule has 1 atom stereocenters. The Morgan fingerprint density at radius 2 is 1.52 bits per heavy atom. The maximum Gasteiger partial charge on any atom is 0.321 e. The predicted molar refractivity (Wildman–Crippen MR) is 157 cm³/mol. The molecule has 0 radical (unpaired) electrons. The second-order valence-electron chi connectivity index (χ2n) is 10.7. The summed E-state index contributed by atoms with van der Waals surface area (Å²) in [6, 6.07) is 9.23. The average molecular weight is 628 g/mol. The highest BCUT2D eigenvalue weighted by Gasteiger charge is 2.31. The largest absolute Gasteiger partial charge is 0.490 e. The third kappa shape index (κ3) is 10.4. The summed E-state index contributed by atoms with van der Waals surface area (Å²) in [7, 11) is 0. The molecule has 0 unspecified atom stereocenters. The number of carboxylic acid groups (broad SMARTS) is 3. The Morgan fingerprint density at radius 3 is 2.05 bits per heavy atom. The van der Waals surface area contributed by atoms with E-state index >= 15 is 0 Å². The standard InChI is InChI=1S/C27H33Cl2FN2O3.C3H4O4/c1-18-25(7-6-23(28)26(18)29)35-22-10-12-31(13-11-22)17-20-8-14-32(15-9-20)24(27(33)34)16-19-2-4-21(30)5-3-19;4-2(5)1-3(6)7/h2-7,20,22,24H,8-17H2,1H3,(H,33,34);1H2,(H,4,5)(H,6,7)/t24-;/m0./s1. The molecule has 4 rings (SSSR count). The predicted octanol–water partition coefficient (Wildman–Crippen LogP) is 5.24. The molecule has 2 fully saturated rings. The van der Waals surface area contributed by atoms with Crippen LogP contribution >= 0.6 is 23.2 Å². The molecule has 0 aliphatic carbocycles. The number of rotatable bonds is 10. The quantitative estimate of drug-likeness (QED) is 0.303. The lowest BCUT2D eigenvalue weighted by Gasteiger charge is -2.39. The summed E-state index contributed by atoms with van der Waals surface area (Å²) >= 11 is 12.3. The summed E-state index contributed by atoms with van der Waals surface area (Å²) in [6.07, 6.45) is 3.69. The van der Waals surface area contributed by atoms with Gasteiger partial charge in [0.05, 0.1) is 10.0 Å². The number of nitrogens with zero attached hydrogens (tertiary/aromatic N) is 2. The van der Waals surface area contributed by atoms with E-state index in [-0.39, 0.29) is 11.9 Å². The van der Waals surface area contributed by atoms with Crippen LogP contribution in [-0.4, -0.2) is 87.9 Å². The number of carboxylic acids is 3. The van der Waals surface area contributed by atoms with Crippen molar-refractivity contribution in [3.63, 3.8) is 0 Å². The van der Waals surface area contributed by atoms with E-state index in [1.54, 1.807) is 18.2 Å². The van der Waals surface area contributed by atoms with Crippen molar-refractivity contribution in [2.45, 2.75) is 57.6 Å². The average Bonchev–Trinajstić information content (AvgIpc) is 2.94. The van der Waals surface area contributed by atoms with E-state index in [9.17, 15) is 23.9 Å². The molecule has 2 saturated heterocycles. The van der Waals surface area contributed by atoms with Crippen LogP contribution in [0.5, 0.6) is 5.75 Å². The van der Waals surface area contributed by atoms with Gasteiger partial charge in [-0.05, 0) is 87.9 Å². The van der Waals surface area contributed by atoms with E-state index in [0.29, 0.717) is 22.4 Å². The van der Waals surface area contributed by atoms with Gasteiger partial charge in [-0.25, -0.2) is 4.39 Å². The Balaban J connectivity index is 0.000000616. The zero-order valence-electron chi connectivity index (χ0n) is 23.5. The van der Waals surface area contributed by atoms with Gasteiger partial charge in [-0.2, -0.15) is 0 Å². The Bertz CT molecular complexity index is 1200. The molecule has 230 valence electrons. The minimum absolute atomic E-state index is 0.173. The van der Waals surface area contributed by atoms with E-state index in [4.69, 9.17) is 38.2 Å². The summed E-state index contributed by atoms with van der Waals surface area (Å²) in [5.41, 5.74) is 1.73. The molecule has 0 saturated carbocycles. The van der Waals surface area contributed by atoms with Crippen LogP contribution in [0.3, 0.4) is 0 Å². The lowest BCUT2D eigenvalue weighted by atomic mass is 9.93. The Hall–Kier alpha value is -2.92. The highest BCUT2D eigenvalue weighted by molar-refractivity contribution is 6.42. The highest BCUT2D eigenvalue weighted by atomic mass is 35.5. The molecular weight excluding hydrogens is 590 g/mol. The zero-order chi connectivity index (χ0) is 30.8. The van der Waals surface area contributed by atoms with Crippen LogP contribution in [0.25, 0.3) is 0 Å². The van der Waals surface area contributed by atoms with Gasteiger partial charge in [-0.1, -0.05) is 35.3 Å². The molecule has 0 bridgehead atoms. The molecule has 9 nitrogen and oxygen atoms in total. The van der Waals surface area contributed by atoms with Crippen LogP contribution in [-0.2, 0) is 20.8 Å². The third-order valence-corrected chi connectivity index (χ3v) is 8.55. The molecular formula is C30H37Cl2FN2O7. The van der Waals surface area contributed by atoms with Crippen molar-refractivity contribution >= 4 is 41.1 Å². The molecule has 2 aromatic carbocycles. The lowest BCUT2D eigenvalue weighted by molar-refractivity contribution is -0.147. The van der Waals surface area contributed by atoms with E-state index in [0.717, 1.165) is 75.3 Å². The van der Waals surface area contributed by atoms with Gasteiger partial charge in [-0.3, -0.25) is 19.3 Å². The molecule has 2 aliphatic rings. The van der Waals surface area contributed by atoms with Crippen LogP contribution in [0.1, 0.15) is 43.2 Å². The van der Waals surface area contributed by atoms with Crippen LogP contribution in [0.4, 0.5) is 4.39 Å². The van der Waals surface area contributed by atoms with Crippen molar-refractivity contribution in [2.24, 2.45) is 5.92 Å². The first-order valence-corrected chi connectivity index (χ1v) is 14.7. The van der Waals surface area contributed by atoms with Gasteiger partial charge >= 0.3 is 17.9 Å². The topological polar surface area (TPSA) is 128 Å². The van der Waals surface area contributed by atoms with Gasteiger partial charge in [0.2, 0.25) is 0 Å². The molecule has 2 heterocycles. The maximum atomic E-state index is 13.2. The summed E-state index contributed by atoms with van der Waals surface area (Å²) in [5.74, 6) is -2.37. The van der Waals surface area contributed by atoms with E-state index < -0.39 is 30.4 Å². The molecule has 3 N–H and O–H groups in total.